The number of hydrogen-bond acceptors (Lipinski definition) is 5. The Morgan fingerprint density at radius 2 is 1.28 bits per heavy atom. The van der Waals surface area contributed by atoms with Crippen molar-refractivity contribution in [2.75, 3.05) is 5.32 Å². The molecule has 0 radical (unpaired) electrons. The second-order valence-corrected chi connectivity index (χ2v) is 9.35. The minimum atomic E-state index is -0.405. The van der Waals surface area contributed by atoms with Gasteiger partial charge in [0.15, 0.2) is 0 Å². The van der Waals surface area contributed by atoms with Gasteiger partial charge in [0.05, 0.1) is 19.1 Å². The number of benzene rings is 4. The molecule has 0 heterocycles. The van der Waals surface area contributed by atoms with E-state index in [-0.39, 0.29) is 18.7 Å². The summed E-state index contributed by atoms with van der Waals surface area (Å²) in [6.45, 7) is 0. The van der Waals surface area contributed by atoms with Gasteiger partial charge in [-0.2, -0.15) is 5.10 Å². The molecule has 0 aliphatic rings. The first kappa shape index (κ1) is 27.6. The fourth-order valence-electron chi connectivity index (χ4n) is 3.49. The van der Waals surface area contributed by atoms with Crippen LogP contribution in [0.25, 0.3) is 0 Å². The number of carbonyl (C=O) groups excluding carboxylic acids is 3. The number of esters is 1. The van der Waals surface area contributed by atoms with Crippen molar-refractivity contribution in [3.8, 4) is 5.75 Å². The molecule has 0 fully saturated rings. The molecule has 0 aliphatic heterocycles. The summed E-state index contributed by atoms with van der Waals surface area (Å²) in [6, 6.07) is 27.2. The summed E-state index contributed by atoms with van der Waals surface area (Å²) in [5.74, 6) is -0.576. The van der Waals surface area contributed by atoms with Crippen molar-refractivity contribution >= 4 is 52.9 Å². The number of ether oxygens (including phenoxy) is 1. The predicted molar refractivity (Wildman–Crippen MR) is 153 cm³/mol. The molecule has 9 heteroatoms. The Labute approximate surface area is 235 Å². The van der Waals surface area contributed by atoms with Gasteiger partial charge >= 0.3 is 5.97 Å². The van der Waals surface area contributed by atoms with E-state index in [2.05, 4.69) is 15.8 Å². The van der Waals surface area contributed by atoms with Gasteiger partial charge in [-0.25, -0.2) is 5.43 Å². The van der Waals surface area contributed by atoms with Gasteiger partial charge in [0.2, 0.25) is 5.91 Å². The molecule has 0 saturated carbocycles. The largest absolute Gasteiger partial charge is 0.426 e. The van der Waals surface area contributed by atoms with Crippen molar-refractivity contribution < 1.29 is 19.1 Å². The van der Waals surface area contributed by atoms with Gasteiger partial charge in [0.1, 0.15) is 5.75 Å². The lowest BCUT2D eigenvalue weighted by Crippen LogP contribution is -2.18. The van der Waals surface area contributed by atoms with Crippen LogP contribution in [0.3, 0.4) is 0 Å². The summed E-state index contributed by atoms with van der Waals surface area (Å²) in [6.07, 6.45) is 1.81. The zero-order valence-corrected chi connectivity index (χ0v) is 22.1. The number of hydrogen-bond donors (Lipinski definition) is 2. The van der Waals surface area contributed by atoms with E-state index in [1.165, 1.54) is 6.21 Å². The van der Waals surface area contributed by atoms with Crippen molar-refractivity contribution in [1.82, 2.24) is 5.43 Å². The smallest absolute Gasteiger partial charge is 0.315 e. The van der Waals surface area contributed by atoms with E-state index in [4.69, 9.17) is 27.9 Å². The highest BCUT2D eigenvalue weighted by molar-refractivity contribution is 6.30. The molecule has 0 spiro atoms. The normalized spacial score (nSPS) is 10.7. The van der Waals surface area contributed by atoms with Crippen LogP contribution in [0.1, 0.15) is 27.0 Å². The third-order valence-corrected chi connectivity index (χ3v) is 5.97. The number of carbonyl (C=O) groups is 3. The van der Waals surface area contributed by atoms with Gasteiger partial charge in [-0.15, -0.1) is 0 Å². The van der Waals surface area contributed by atoms with E-state index in [9.17, 15) is 14.4 Å². The molecule has 7 nitrogen and oxygen atoms in total. The molecule has 0 aliphatic carbocycles. The van der Waals surface area contributed by atoms with Crippen molar-refractivity contribution in [3.05, 3.63) is 129 Å². The maximum atomic E-state index is 12.4. The molecule has 2 amide bonds. The topological polar surface area (TPSA) is 96.9 Å². The highest BCUT2D eigenvalue weighted by atomic mass is 35.5. The average molecular weight is 560 g/mol. The average Bonchev–Trinajstić information content (AvgIpc) is 2.92. The second-order valence-electron chi connectivity index (χ2n) is 8.47. The zero-order chi connectivity index (χ0) is 27.6. The summed E-state index contributed by atoms with van der Waals surface area (Å²) >= 11 is 11.7. The maximum Gasteiger partial charge on any atom is 0.315 e. The van der Waals surface area contributed by atoms with Crippen LogP contribution >= 0.6 is 23.2 Å². The maximum absolute atomic E-state index is 12.4. The standard InChI is InChI=1S/C30H23Cl2N3O4/c31-24-9-1-20(2-10-24)17-28(36)34-26-13-7-23(8-14-26)30(38)35-33-19-22-5-15-27(16-6-22)39-29(37)18-21-3-11-25(32)12-4-21/h1-16,19H,17-18H2,(H,34,36)(H,35,38). The van der Waals surface area contributed by atoms with E-state index >= 15 is 0 Å². The number of halogens is 2. The molecule has 4 rings (SSSR count). The Balaban J connectivity index is 1.22. The van der Waals surface area contributed by atoms with E-state index in [0.29, 0.717) is 32.6 Å². The van der Waals surface area contributed by atoms with E-state index in [1.54, 1.807) is 97.1 Å². The van der Waals surface area contributed by atoms with Crippen LogP contribution in [-0.2, 0) is 22.4 Å². The molecule has 0 bridgehead atoms. The molecule has 0 unspecified atom stereocenters. The highest BCUT2D eigenvalue weighted by Crippen LogP contribution is 2.15. The van der Waals surface area contributed by atoms with Crippen LogP contribution in [0.4, 0.5) is 5.69 Å². The Bertz CT molecular complexity index is 1470. The molecule has 2 N–H and O–H groups in total. The lowest BCUT2D eigenvalue weighted by Gasteiger charge is -2.07. The first-order valence-electron chi connectivity index (χ1n) is 11.9. The Hall–Kier alpha value is -4.46. The van der Waals surface area contributed by atoms with Crippen LogP contribution in [0.5, 0.6) is 5.75 Å². The number of anilines is 1. The molecular formula is C30H23Cl2N3O4. The fourth-order valence-corrected chi connectivity index (χ4v) is 3.74. The number of rotatable bonds is 9. The minimum absolute atomic E-state index is 0.128. The van der Waals surface area contributed by atoms with Crippen LogP contribution in [-0.4, -0.2) is 24.0 Å². The molecule has 0 aromatic heterocycles. The minimum Gasteiger partial charge on any atom is -0.426 e. The highest BCUT2D eigenvalue weighted by Gasteiger charge is 2.08. The van der Waals surface area contributed by atoms with Gasteiger partial charge in [-0.1, -0.05) is 47.5 Å². The molecule has 0 saturated heterocycles. The number of nitrogens with one attached hydrogen (secondary N) is 2. The Morgan fingerprint density at radius 3 is 1.87 bits per heavy atom. The molecular weight excluding hydrogens is 537 g/mol. The summed E-state index contributed by atoms with van der Waals surface area (Å²) in [5.41, 5.74) is 5.76. The summed E-state index contributed by atoms with van der Waals surface area (Å²) < 4.78 is 5.35. The lowest BCUT2D eigenvalue weighted by atomic mass is 10.1. The van der Waals surface area contributed by atoms with Crippen LogP contribution in [0, 0.1) is 0 Å². The fraction of sp³-hybridized carbons (Fsp3) is 0.0667. The van der Waals surface area contributed by atoms with Crippen LogP contribution in [0.15, 0.2) is 102 Å². The van der Waals surface area contributed by atoms with Crippen LogP contribution < -0.4 is 15.5 Å². The lowest BCUT2D eigenvalue weighted by molar-refractivity contribution is -0.133. The number of hydrazone groups is 1. The Kier molecular flexibility index (Phi) is 9.45. The molecule has 4 aromatic carbocycles. The number of nitrogens with zero attached hydrogens (tertiary/aromatic N) is 1. The third kappa shape index (κ3) is 8.81. The predicted octanol–water partition coefficient (Wildman–Crippen LogP) is 6.09. The monoisotopic (exact) mass is 559 g/mol. The van der Waals surface area contributed by atoms with Gasteiger partial charge in [0.25, 0.3) is 5.91 Å². The van der Waals surface area contributed by atoms with E-state index < -0.39 is 11.9 Å². The van der Waals surface area contributed by atoms with Crippen LogP contribution in [0.2, 0.25) is 10.0 Å². The van der Waals surface area contributed by atoms with E-state index in [1.807, 2.05) is 0 Å². The van der Waals surface area contributed by atoms with Gasteiger partial charge < -0.3 is 10.1 Å². The van der Waals surface area contributed by atoms with Crippen molar-refractivity contribution in [2.24, 2.45) is 5.10 Å². The van der Waals surface area contributed by atoms with Gasteiger partial charge in [-0.05, 0) is 89.5 Å². The van der Waals surface area contributed by atoms with Crippen molar-refractivity contribution in [2.45, 2.75) is 12.8 Å². The summed E-state index contributed by atoms with van der Waals surface area (Å²) in [4.78, 5) is 36.8. The molecule has 39 heavy (non-hydrogen) atoms. The number of amides is 2. The third-order valence-electron chi connectivity index (χ3n) is 5.46. The first-order valence-corrected chi connectivity index (χ1v) is 12.6. The molecule has 4 aromatic rings. The quantitative estimate of drug-likeness (QED) is 0.112. The zero-order valence-electron chi connectivity index (χ0n) is 20.6. The van der Waals surface area contributed by atoms with E-state index in [0.717, 1.165) is 11.1 Å². The molecule has 196 valence electrons. The van der Waals surface area contributed by atoms with Gasteiger partial charge in [0, 0.05) is 21.3 Å². The first-order chi connectivity index (χ1) is 18.8. The SMILES string of the molecule is O=C(Cc1ccc(Cl)cc1)Nc1ccc(C(=O)NN=Cc2ccc(OC(=O)Cc3ccc(Cl)cc3)cc2)cc1. The second kappa shape index (κ2) is 13.4. The van der Waals surface area contributed by atoms with Crippen molar-refractivity contribution in [1.29, 1.82) is 0 Å². The summed E-state index contributed by atoms with van der Waals surface area (Å²) in [7, 11) is 0. The van der Waals surface area contributed by atoms with Gasteiger partial charge in [-0.3, -0.25) is 14.4 Å². The molecule has 0 atom stereocenters. The summed E-state index contributed by atoms with van der Waals surface area (Å²) in [5, 5.41) is 7.98. The Morgan fingerprint density at radius 1 is 0.718 bits per heavy atom. The van der Waals surface area contributed by atoms with Crippen molar-refractivity contribution in [3.63, 3.8) is 0 Å².